The van der Waals surface area contributed by atoms with Crippen LogP contribution in [0.3, 0.4) is 0 Å². The number of ether oxygens (including phenoxy) is 3. The predicted octanol–water partition coefficient (Wildman–Crippen LogP) is 4.09. The molecule has 3 aliphatic rings. The molecular weight excluding hydrogens is 466 g/mol. The average molecular weight is 524 g/mol. The van der Waals surface area contributed by atoms with E-state index < -0.39 is 0 Å². The first-order valence-corrected chi connectivity index (χ1v) is 15.0. The number of hydrogen-bond donors (Lipinski definition) is 0. The van der Waals surface area contributed by atoms with Gasteiger partial charge in [0.15, 0.2) is 0 Å². The molecule has 0 aromatic rings. The summed E-state index contributed by atoms with van der Waals surface area (Å²) in [5.41, 5.74) is 0.181. The fourth-order valence-electron chi connectivity index (χ4n) is 5.55. The second kappa shape index (κ2) is 14.7. The van der Waals surface area contributed by atoms with Crippen molar-refractivity contribution in [1.82, 2.24) is 14.7 Å². The lowest BCUT2D eigenvalue weighted by Gasteiger charge is -2.40. The molecule has 7 nitrogen and oxygen atoms in total. The minimum atomic E-state index is -0.0704. The fraction of sp³-hybridized carbons (Fsp3) is 0.967. The van der Waals surface area contributed by atoms with Gasteiger partial charge in [-0.25, -0.2) is 0 Å². The summed E-state index contributed by atoms with van der Waals surface area (Å²) in [6.45, 7) is 24.5. The van der Waals surface area contributed by atoms with Gasteiger partial charge in [0.05, 0.1) is 37.6 Å². The third-order valence-corrected chi connectivity index (χ3v) is 7.73. The van der Waals surface area contributed by atoms with Crippen molar-refractivity contribution in [3.8, 4) is 0 Å². The van der Waals surface area contributed by atoms with Gasteiger partial charge in [-0.2, -0.15) is 0 Å². The maximum absolute atomic E-state index is 12.7. The monoisotopic (exact) mass is 523 g/mol. The molecule has 7 heteroatoms. The number of rotatable bonds is 14. The van der Waals surface area contributed by atoms with Gasteiger partial charge in [0.25, 0.3) is 0 Å². The highest BCUT2D eigenvalue weighted by Gasteiger charge is 2.34. The van der Waals surface area contributed by atoms with Crippen molar-refractivity contribution in [2.24, 2.45) is 11.3 Å². The number of piperazine rings is 1. The van der Waals surface area contributed by atoms with E-state index in [-0.39, 0.29) is 11.0 Å². The zero-order valence-electron chi connectivity index (χ0n) is 24.9. The molecule has 2 aliphatic heterocycles. The Morgan fingerprint density at radius 1 is 0.784 bits per heavy atom. The van der Waals surface area contributed by atoms with E-state index in [1.807, 2.05) is 0 Å². The van der Waals surface area contributed by atoms with Gasteiger partial charge in [-0.3, -0.25) is 14.6 Å². The van der Waals surface area contributed by atoms with E-state index in [9.17, 15) is 4.79 Å². The van der Waals surface area contributed by atoms with Crippen LogP contribution in [0.25, 0.3) is 0 Å². The maximum Gasteiger partial charge on any atom is 0.147 e. The van der Waals surface area contributed by atoms with Crippen LogP contribution < -0.4 is 0 Å². The smallest absolute Gasteiger partial charge is 0.147 e. The Morgan fingerprint density at radius 3 is 2.03 bits per heavy atom. The number of carbonyl (C=O) groups is 1. The molecule has 0 N–H and O–H groups in total. The highest BCUT2D eigenvalue weighted by molar-refractivity contribution is 5.80. The van der Waals surface area contributed by atoms with Crippen LogP contribution in [0.4, 0.5) is 0 Å². The summed E-state index contributed by atoms with van der Waals surface area (Å²) >= 11 is 0. The molecular formula is C30H57N3O4. The van der Waals surface area contributed by atoms with Crippen molar-refractivity contribution in [2.45, 2.75) is 97.9 Å². The third kappa shape index (κ3) is 12.9. The molecule has 0 amide bonds. The molecule has 37 heavy (non-hydrogen) atoms. The standard InChI is InChI=1S/C30H57N3O4/c1-29(2,3)24-35-18-7-10-31-11-8-27(9-12-31)37-28-21-25(22-28)20-26(34)23-33-15-13-32(14-16-33)17-19-36-30(4,5)6/h25,27-28H,7-24H2,1-6H3. The molecule has 1 aliphatic carbocycles. The van der Waals surface area contributed by atoms with Gasteiger partial charge in [0, 0.05) is 65.4 Å². The van der Waals surface area contributed by atoms with Gasteiger partial charge in [-0.15, -0.1) is 0 Å². The average Bonchev–Trinajstić information content (AvgIpc) is 2.78. The van der Waals surface area contributed by atoms with Crippen LogP contribution in [0.5, 0.6) is 0 Å². The number of ketones is 1. The van der Waals surface area contributed by atoms with Crippen LogP contribution in [0.15, 0.2) is 0 Å². The summed E-state index contributed by atoms with van der Waals surface area (Å²) in [6, 6.07) is 0. The van der Waals surface area contributed by atoms with Crippen molar-refractivity contribution >= 4 is 5.78 Å². The Labute approximate surface area is 227 Å². The lowest BCUT2D eigenvalue weighted by Crippen LogP contribution is -2.49. The van der Waals surface area contributed by atoms with Crippen LogP contribution in [0.2, 0.25) is 0 Å². The molecule has 0 atom stereocenters. The van der Waals surface area contributed by atoms with Crippen molar-refractivity contribution in [3.05, 3.63) is 0 Å². The van der Waals surface area contributed by atoms with E-state index in [2.05, 4.69) is 56.2 Å². The normalized spacial score (nSPS) is 25.4. The Bertz CT molecular complexity index is 653. The molecule has 2 heterocycles. The van der Waals surface area contributed by atoms with Crippen LogP contribution >= 0.6 is 0 Å². The second-order valence-corrected chi connectivity index (χ2v) is 13.9. The van der Waals surface area contributed by atoms with Crippen molar-refractivity contribution in [1.29, 1.82) is 0 Å². The molecule has 0 radical (unpaired) electrons. The zero-order chi connectivity index (χ0) is 26.9. The SMILES string of the molecule is CC(C)(C)COCCCN1CCC(OC2CC(CC(=O)CN3CCN(CCOC(C)(C)C)CC3)C2)CC1. The van der Waals surface area contributed by atoms with Crippen LogP contribution in [0.1, 0.15) is 80.1 Å². The summed E-state index contributed by atoms with van der Waals surface area (Å²) < 4.78 is 18.1. The fourth-order valence-corrected chi connectivity index (χ4v) is 5.55. The Morgan fingerprint density at radius 2 is 1.41 bits per heavy atom. The second-order valence-electron chi connectivity index (χ2n) is 13.9. The third-order valence-electron chi connectivity index (χ3n) is 7.73. The zero-order valence-corrected chi connectivity index (χ0v) is 24.9. The predicted molar refractivity (Wildman–Crippen MR) is 150 cm³/mol. The van der Waals surface area contributed by atoms with Crippen LogP contribution in [-0.2, 0) is 19.0 Å². The minimum Gasteiger partial charge on any atom is -0.381 e. The number of carbonyl (C=O) groups excluding carboxylic acids is 1. The Hall–Kier alpha value is -0.570. The molecule has 1 saturated carbocycles. The lowest BCUT2D eigenvalue weighted by molar-refractivity contribution is -0.126. The van der Waals surface area contributed by atoms with Gasteiger partial charge in [-0.1, -0.05) is 20.8 Å². The van der Waals surface area contributed by atoms with Gasteiger partial charge in [0.2, 0.25) is 0 Å². The number of Topliss-reactive ketones (excluding diaryl/α,β-unsaturated/α-hetero) is 1. The molecule has 3 rings (SSSR count). The van der Waals surface area contributed by atoms with Gasteiger partial charge < -0.3 is 19.1 Å². The van der Waals surface area contributed by atoms with E-state index in [4.69, 9.17) is 14.2 Å². The number of piperidine rings is 1. The molecule has 0 unspecified atom stereocenters. The Kier molecular flexibility index (Phi) is 12.3. The van der Waals surface area contributed by atoms with Gasteiger partial charge in [0.1, 0.15) is 5.78 Å². The molecule has 0 aromatic heterocycles. The first kappa shape index (κ1) is 31.0. The highest BCUT2D eigenvalue weighted by atomic mass is 16.5. The summed E-state index contributed by atoms with van der Waals surface area (Å²) in [7, 11) is 0. The van der Waals surface area contributed by atoms with E-state index in [0.717, 1.165) is 111 Å². The molecule has 2 saturated heterocycles. The first-order chi connectivity index (χ1) is 17.4. The summed E-state index contributed by atoms with van der Waals surface area (Å²) in [5.74, 6) is 0.939. The van der Waals surface area contributed by atoms with E-state index in [0.29, 0.717) is 30.5 Å². The lowest BCUT2D eigenvalue weighted by atomic mass is 9.78. The number of nitrogens with zero attached hydrogens (tertiary/aromatic N) is 3. The van der Waals surface area contributed by atoms with Crippen LogP contribution in [-0.4, -0.2) is 117 Å². The first-order valence-electron chi connectivity index (χ1n) is 15.0. The molecule has 216 valence electrons. The van der Waals surface area contributed by atoms with Gasteiger partial charge in [-0.05, 0) is 64.2 Å². The summed E-state index contributed by atoms with van der Waals surface area (Å²) in [6.07, 6.45) is 7.03. The van der Waals surface area contributed by atoms with Gasteiger partial charge >= 0.3 is 0 Å². The van der Waals surface area contributed by atoms with Crippen LogP contribution in [0, 0.1) is 11.3 Å². The van der Waals surface area contributed by atoms with Crippen molar-refractivity contribution in [3.63, 3.8) is 0 Å². The minimum absolute atomic E-state index is 0.0704. The summed E-state index contributed by atoms with van der Waals surface area (Å²) in [4.78, 5) is 20.0. The van der Waals surface area contributed by atoms with E-state index in [1.165, 1.54) is 0 Å². The molecule has 0 spiro atoms. The Balaban J connectivity index is 1.17. The summed E-state index contributed by atoms with van der Waals surface area (Å²) in [5, 5.41) is 0. The highest BCUT2D eigenvalue weighted by Crippen LogP contribution is 2.35. The van der Waals surface area contributed by atoms with E-state index >= 15 is 0 Å². The number of likely N-dealkylation sites (tertiary alicyclic amines) is 1. The van der Waals surface area contributed by atoms with Crippen molar-refractivity contribution < 1.29 is 19.0 Å². The largest absolute Gasteiger partial charge is 0.381 e. The number of hydrogen-bond acceptors (Lipinski definition) is 7. The molecule has 0 bridgehead atoms. The van der Waals surface area contributed by atoms with Crippen molar-refractivity contribution in [2.75, 3.05) is 78.7 Å². The molecule has 0 aromatic carbocycles. The van der Waals surface area contributed by atoms with E-state index in [1.54, 1.807) is 0 Å². The topological polar surface area (TPSA) is 54.5 Å². The molecule has 3 fully saturated rings. The maximum atomic E-state index is 12.7. The quantitative estimate of drug-likeness (QED) is 0.318.